The Bertz CT molecular complexity index is 918. The molecule has 5 nitrogen and oxygen atoms in total. The van der Waals surface area contributed by atoms with E-state index in [2.05, 4.69) is 4.98 Å². The Kier molecular flexibility index (Phi) is 2.98. The van der Waals surface area contributed by atoms with Crippen molar-refractivity contribution in [2.75, 3.05) is 0 Å². The summed E-state index contributed by atoms with van der Waals surface area (Å²) in [4.78, 5) is 25.3. The summed E-state index contributed by atoms with van der Waals surface area (Å²) in [5.41, 5.74) is 0.957. The van der Waals surface area contributed by atoms with Crippen molar-refractivity contribution in [2.24, 2.45) is 0 Å². The number of nitrogens with one attached hydrogen (secondary N) is 1. The van der Waals surface area contributed by atoms with Gasteiger partial charge in [0.25, 0.3) is 5.69 Å². The van der Waals surface area contributed by atoms with E-state index in [1.807, 2.05) is 0 Å². The summed E-state index contributed by atoms with van der Waals surface area (Å²) in [7, 11) is 0. The summed E-state index contributed by atoms with van der Waals surface area (Å²) in [5.74, 6) is -0.405. The molecule has 0 saturated heterocycles. The number of rotatable bonds is 2. The van der Waals surface area contributed by atoms with Crippen LogP contribution in [0.2, 0.25) is 0 Å². The van der Waals surface area contributed by atoms with Crippen LogP contribution in [0.25, 0.3) is 22.2 Å². The number of non-ortho nitro benzene ring substituents is 1. The van der Waals surface area contributed by atoms with Gasteiger partial charge in [-0.15, -0.1) is 0 Å². The molecule has 0 aliphatic heterocycles. The summed E-state index contributed by atoms with van der Waals surface area (Å²) >= 11 is 0. The Morgan fingerprint density at radius 3 is 2.62 bits per heavy atom. The minimum Gasteiger partial charge on any atom is -0.354 e. The van der Waals surface area contributed by atoms with Gasteiger partial charge in [-0.2, -0.15) is 0 Å². The molecular weight excluding hydrogens is 275 g/mol. The molecule has 1 heterocycles. The zero-order valence-electron chi connectivity index (χ0n) is 10.7. The Morgan fingerprint density at radius 2 is 1.90 bits per heavy atom. The molecule has 0 spiro atoms. The standard InChI is InChI=1S/C15H9FN2O3/c16-10-3-1-2-9(6-10)14-8-15(19)12-7-11(18(20)21)4-5-13(12)17-14/h1-8H,(H,17,19). The van der Waals surface area contributed by atoms with Crippen LogP contribution in [0.4, 0.5) is 10.1 Å². The highest BCUT2D eigenvalue weighted by atomic mass is 19.1. The van der Waals surface area contributed by atoms with E-state index in [4.69, 9.17) is 0 Å². The molecule has 0 bridgehead atoms. The Balaban J connectivity index is 2.23. The van der Waals surface area contributed by atoms with Gasteiger partial charge in [-0.05, 0) is 18.2 Å². The first-order valence-electron chi connectivity index (χ1n) is 6.12. The first kappa shape index (κ1) is 13.0. The van der Waals surface area contributed by atoms with Gasteiger partial charge < -0.3 is 4.98 Å². The summed E-state index contributed by atoms with van der Waals surface area (Å²) in [6.07, 6.45) is 0. The van der Waals surface area contributed by atoms with Gasteiger partial charge in [-0.25, -0.2) is 4.39 Å². The van der Waals surface area contributed by atoms with Gasteiger partial charge in [0.05, 0.1) is 15.8 Å². The van der Waals surface area contributed by atoms with E-state index in [0.29, 0.717) is 16.8 Å². The third-order valence-corrected chi connectivity index (χ3v) is 3.16. The van der Waals surface area contributed by atoms with E-state index >= 15 is 0 Å². The summed E-state index contributed by atoms with van der Waals surface area (Å²) in [5, 5.41) is 11.0. The molecular formula is C15H9FN2O3. The highest BCUT2D eigenvalue weighted by molar-refractivity contribution is 5.83. The van der Waals surface area contributed by atoms with Crippen LogP contribution in [0.3, 0.4) is 0 Å². The van der Waals surface area contributed by atoms with Gasteiger partial charge in [0, 0.05) is 29.5 Å². The molecule has 1 aromatic heterocycles. The third kappa shape index (κ3) is 2.38. The average molecular weight is 284 g/mol. The normalized spacial score (nSPS) is 10.7. The SMILES string of the molecule is O=c1cc(-c2cccc(F)c2)[nH]c2ccc([N+](=O)[O-])cc12. The van der Waals surface area contributed by atoms with Crippen molar-refractivity contribution in [2.45, 2.75) is 0 Å². The number of pyridine rings is 1. The lowest BCUT2D eigenvalue weighted by atomic mass is 10.1. The molecule has 2 aromatic carbocycles. The van der Waals surface area contributed by atoms with Crippen molar-refractivity contribution in [3.8, 4) is 11.3 Å². The molecule has 0 unspecified atom stereocenters. The minimum absolute atomic E-state index is 0.147. The van der Waals surface area contributed by atoms with E-state index in [0.717, 1.165) is 0 Å². The maximum Gasteiger partial charge on any atom is 0.270 e. The number of H-pyrrole nitrogens is 1. The van der Waals surface area contributed by atoms with Gasteiger partial charge in [0.2, 0.25) is 0 Å². The van der Waals surface area contributed by atoms with Crippen LogP contribution < -0.4 is 5.43 Å². The molecule has 21 heavy (non-hydrogen) atoms. The minimum atomic E-state index is -0.556. The molecule has 3 rings (SSSR count). The van der Waals surface area contributed by atoms with Gasteiger partial charge in [-0.3, -0.25) is 14.9 Å². The molecule has 0 radical (unpaired) electrons. The van der Waals surface area contributed by atoms with Crippen molar-refractivity contribution in [3.63, 3.8) is 0 Å². The zero-order valence-corrected chi connectivity index (χ0v) is 10.7. The highest BCUT2D eigenvalue weighted by Crippen LogP contribution is 2.21. The molecule has 104 valence electrons. The fraction of sp³-hybridized carbons (Fsp3) is 0. The van der Waals surface area contributed by atoms with Crippen molar-refractivity contribution < 1.29 is 9.31 Å². The van der Waals surface area contributed by atoms with Crippen molar-refractivity contribution in [1.82, 2.24) is 4.98 Å². The van der Waals surface area contributed by atoms with Gasteiger partial charge in [-0.1, -0.05) is 12.1 Å². The second kappa shape index (κ2) is 4.82. The number of hydrogen-bond donors (Lipinski definition) is 1. The third-order valence-electron chi connectivity index (χ3n) is 3.16. The molecule has 0 fully saturated rings. The van der Waals surface area contributed by atoms with Crippen LogP contribution in [0.5, 0.6) is 0 Å². The number of fused-ring (bicyclic) bond motifs is 1. The zero-order chi connectivity index (χ0) is 15.0. The Morgan fingerprint density at radius 1 is 1.10 bits per heavy atom. The summed E-state index contributed by atoms with van der Waals surface area (Å²) < 4.78 is 13.2. The number of nitro groups is 1. The fourth-order valence-electron chi connectivity index (χ4n) is 2.16. The van der Waals surface area contributed by atoms with Crippen molar-refractivity contribution in [1.29, 1.82) is 0 Å². The highest BCUT2D eigenvalue weighted by Gasteiger charge is 2.10. The molecule has 1 N–H and O–H groups in total. The number of hydrogen-bond acceptors (Lipinski definition) is 3. The van der Waals surface area contributed by atoms with Crippen LogP contribution in [-0.4, -0.2) is 9.91 Å². The lowest BCUT2D eigenvalue weighted by Gasteiger charge is -2.05. The first-order chi connectivity index (χ1) is 10.0. The topological polar surface area (TPSA) is 76.0 Å². The number of benzene rings is 2. The predicted molar refractivity (Wildman–Crippen MR) is 76.6 cm³/mol. The van der Waals surface area contributed by atoms with Crippen molar-refractivity contribution >= 4 is 16.6 Å². The van der Waals surface area contributed by atoms with Gasteiger partial charge in [0.15, 0.2) is 5.43 Å². The van der Waals surface area contributed by atoms with Crippen molar-refractivity contribution in [3.05, 3.63) is 74.7 Å². The van der Waals surface area contributed by atoms with Gasteiger partial charge >= 0.3 is 0 Å². The summed E-state index contributed by atoms with van der Waals surface area (Å²) in [6, 6.07) is 11.2. The van der Waals surface area contributed by atoms with E-state index in [-0.39, 0.29) is 16.5 Å². The smallest absolute Gasteiger partial charge is 0.270 e. The first-order valence-corrected chi connectivity index (χ1v) is 6.12. The molecule has 0 atom stereocenters. The van der Waals surface area contributed by atoms with E-state index in [1.165, 1.54) is 36.4 Å². The van der Waals surface area contributed by atoms with Crippen LogP contribution in [-0.2, 0) is 0 Å². The monoisotopic (exact) mass is 284 g/mol. The van der Waals surface area contributed by atoms with Crippen LogP contribution in [0.1, 0.15) is 0 Å². The van der Waals surface area contributed by atoms with E-state index < -0.39 is 10.7 Å². The Labute approximate surface area is 117 Å². The Hall–Kier alpha value is -3.02. The predicted octanol–water partition coefficient (Wildman–Crippen LogP) is 3.24. The summed E-state index contributed by atoms with van der Waals surface area (Å²) in [6.45, 7) is 0. The molecule has 0 saturated carbocycles. The number of aromatic nitrogens is 1. The fourth-order valence-corrected chi connectivity index (χ4v) is 2.16. The largest absolute Gasteiger partial charge is 0.354 e. The number of nitrogens with zero attached hydrogens (tertiary/aromatic N) is 1. The second-order valence-electron chi connectivity index (χ2n) is 4.54. The second-order valence-corrected chi connectivity index (χ2v) is 4.54. The maximum absolute atomic E-state index is 13.2. The van der Waals surface area contributed by atoms with Gasteiger partial charge in [0.1, 0.15) is 5.82 Å². The number of halogens is 1. The van der Waals surface area contributed by atoms with Crippen LogP contribution in [0.15, 0.2) is 53.3 Å². The molecule has 3 aromatic rings. The average Bonchev–Trinajstić information content (AvgIpc) is 2.46. The van der Waals surface area contributed by atoms with E-state index in [1.54, 1.807) is 12.1 Å². The quantitative estimate of drug-likeness (QED) is 0.579. The number of nitro benzene ring substituents is 1. The molecule has 0 amide bonds. The number of aromatic amines is 1. The lowest BCUT2D eigenvalue weighted by molar-refractivity contribution is -0.384. The maximum atomic E-state index is 13.2. The molecule has 0 aliphatic rings. The molecule has 0 aliphatic carbocycles. The lowest BCUT2D eigenvalue weighted by Crippen LogP contribution is -2.03. The molecule has 6 heteroatoms. The van der Waals surface area contributed by atoms with Crippen LogP contribution >= 0.6 is 0 Å². The van der Waals surface area contributed by atoms with Crippen LogP contribution in [0, 0.1) is 15.9 Å². The van der Waals surface area contributed by atoms with E-state index in [9.17, 15) is 19.3 Å².